The predicted octanol–water partition coefficient (Wildman–Crippen LogP) is 7.14. The second-order valence-electron chi connectivity index (χ2n) is 10.7. The van der Waals surface area contributed by atoms with Crippen molar-refractivity contribution in [1.29, 1.82) is 5.26 Å². The minimum absolute atomic E-state index is 0.253. The van der Waals surface area contributed by atoms with Crippen molar-refractivity contribution in [1.82, 2.24) is 9.97 Å². The van der Waals surface area contributed by atoms with Crippen molar-refractivity contribution in [3.63, 3.8) is 0 Å². The summed E-state index contributed by atoms with van der Waals surface area (Å²) in [5.41, 5.74) is -1.09. The van der Waals surface area contributed by atoms with Crippen LogP contribution in [0.5, 0.6) is 5.75 Å². The molecule has 0 spiro atoms. The third-order valence-corrected chi connectivity index (χ3v) is 7.15. The maximum absolute atomic E-state index is 14.6. The SMILES string of the molecule is CCCNc1cc2cc(CC(O)(CC(C)(C)c3cc(-c4ccccc4C#N)ccc3OC)C(F)(F)F)[nH]c2cn1. The molecule has 2 aromatic carbocycles. The molecule has 0 saturated heterocycles. The van der Waals surface area contributed by atoms with Crippen molar-refractivity contribution in [3.05, 3.63) is 77.6 Å². The number of hydrogen-bond donors (Lipinski definition) is 3. The summed E-state index contributed by atoms with van der Waals surface area (Å²) in [6, 6.07) is 17.8. The smallest absolute Gasteiger partial charge is 0.417 e. The summed E-state index contributed by atoms with van der Waals surface area (Å²) in [4.78, 5) is 7.30. The summed E-state index contributed by atoms with van der Waals surface area (Å²) < 4.78 is 49.2. The molecule has 0 aliphatic carbocycles. The Hall–Kier alpha value is -4.03. The number of benzene rings is 2. The first kappa shape index (κ1) is 29.0. The van der Waals surface area contributed by atoms with E-state index in [-0.39, 0.29) is 5.69 Å². The zero-order chi connectivity index (χ0) is 29.1. The van der Waals surface area contributed by atoms with Crippen LogP contribution in [0.1, 0.15) is 50.4 Å². The van der Waals surface area contributed by atoms with E-state index in [9.17, 15) is 23.5 Å². The molecule has 1 unspecified atom stereocenters. The Labute approximate surface area is 231 Å². The molecule has 3 N–H and O–H groups in total. The number of nitriles is 1. The van der Waals surface area contributed by atoms with Gasteiger partial charge in [0.15, 0.2) is 5.60 Å². The molecule has 0 amide bonds. The largest absolute Gasteiger partial charge is 0.496 e. The molecule has 0 aliphatic rings. The van der Waals surface area contributed by atoms with Gasteiger partial charge >= 0.3 is 6.18 Å². The van der Waals surface area contributed by atoms with Crippen molar-refractivity contribution in [2.24, 2.45) is 0 Å². The van der Waals surface area contributed by atoms with E-state index in [2.05, 4.69) is 21.4 Å². The number of aromatic amines is 1. The van der Waals surface area contributed by atoms with E-state index < -0.39 is 30.0 Å². The van der Waals surface area contributed by atoms with Gasteiger partial charge < -0.3 is 20.1 Å². The molecule has 0 radical (unpaired) electrons. The summed E-state index contributed by atoms with van der Waals surface area (Å²) >= 11 is 0. The van der Waals surface area contributed by atoms with E-state index >= 15 is 0 Å². The van der Waals surface area contributed by atoms with Crippen LogP contribution in [0.15, 0.2) is 60.8 Å². The zero-order valence-electron chi connectivity index (χ0n) is 23.0. The highest BCUT2D eigenvalue weighted by Crippen LogP contribution is 2.46. The van der Waals surface area contributed by atoms with E-state index in [1.54, 1.807) is 74.6 Å². The van der Waals surface area contributed by atoms with Crippen molar-refractivity contribution in [2.75, 3.05) is 19.0 Å². The number of ether oxygens (including phenoxy) is 1. The number of hydrogen-bond acceptors (Lipinski definition) is 5. The van der Waals surface area contributed by atoms with Gasteiger partial charge in [0.2, 0.25) is 0 Å². The Kier molecular flexibility index (Phi) is 8.13. The van der Waals surface area contributed by atoms with Crippen LogP contribution in [-0.4, -0.2) is 40.5 Å². The van der Waals surface area contributed by atoms with Gasteiger partial charge in [-0.1, -0.05) is 45.0 Å². The lowest BCUT2D eigenvalue weighted by atomic mass is 9.72. The van der Waals surface area contributed by atoms with Crippen molar-refractivity contribution >= 4 is 16.7 Å². The van der Waals surface area contributed by atoms with Crippen molar-refractivity contribution in [3.8, 4) is 22.9 Å². The summed E-state index contributed by atoms with van der Waals surface area (Å²) in [5.74, 6) is 1.04. The van der Waals surface area contributed by atoms with Gasteiger partial charge in [-0.05, 0) is 59.7 Å². The Morgan fingerprint density at radius 1 is 1.10 bits per heavy atom. The van der Waals surface area contributed by atoms with Crippen LogP contribution in [0, 0.1) is 11.3 Å². The number of pyridine rings is 1. The number of methoxy groups -OCH3 is 1. The maximum Gasteiger partial charge on any atom is 0.417 e. The lowest BCUT2D eigenvalue weighted by molar-refractivity contribution is -0.266. The van der Waals surface area contributed by atoms with Gasteiger partial charge in [0.25, 0.3) is 0 Å². The Morgan fingerprint density at radius 3 is 2.52 bits per heavy atom. The number of alkyl halides is 3. The average Bonchev–Trinajstić information content (AvgIpc) is 3.31. The molecule has 9 heteroatoms. The molecule has 40 heavy (non-hydrogen) atoms. The molecule has 0 aliphatic heterocycles. The molecule has 4 aromatic rings. The molecule has 1 atom stereocenters. The minimum Gasteiger partial charge on any atom is -0.496 e. The number of anilines is 1. The monoisotopic (exact) mass is 550 g/mol. The molecule has 2 aromatic heterocycles. The number of aliphatic hydroxyl groups is 1. The van der Waals surface area contributed by atoms with E-state index in [1.165, 1.54) is 7.11 Å². The Bertz CT molecular complexity index is 1540. The molecular weight excluding hydrogens is 517 g/mol. The molecular formula is C31H33F3N4O2. The molecule has 6 nitrogen and oxygen atoms in total. The summed E-state index contributed by atoms with van der Waals surface area (Å²) in [6.45, 7) is 6.06. The second-order valence-corrected chi connectivity index (χ2v) is 10.7. The van der Waals surface area contributed by atoms with Crippen LogP contribution in [0.3, 0.4) is 0 Å². The number of fused-ring (bicyclic) bond motifs is 1. The van der Waals surface area contributed by atoms with Crippen LogP contribution in [0.4, 0.5) is 19.0 Å². The van der Waals surface area contributed by atoms with Gasteiger partial charge in [0.1, 0.15) is 11.6 Å². The highest BCUT2D eigenvalue weighted by atomic mass is 19.4. The van der Waals surface area contributed by atoms with Gasteiger partial charge in [-0.2, -0.15) is 18.4 Å². The average molecular weight is 551 g/mol. The first-order chi connectivity index (χ1) is 18.9. The molecule has 0 bridgehead atoms. The third-order valence-electron chi connectivity index (χ3n) is 7.15. The number of nitrogens with zero attached hydrogens (tertiary/aromatic N) is 2. The zero-order valence-corrected chi connectivity index (χ0v) is 23.0. The van der Waals surface area contributed by atoms with Gasteiger partial charge in [-0.15, -0.1) is 0 Å². The highest BCUT2D eigenvalue weighted by molar-refractivity contribution is 5.82. The standard InChI is InChI=1S/C31H33F3N4O2/c1-5-12-36-28-15-22-13-23(38-26(22)18-37-28)16-30(39,31(32,33)34)19-29(2,3)25-14-20(10-11-27(25)40-4)24-9-7-6-8-21(24)17-35/h6-11,13-15,18,38-39H,5,12,16,19H2,1-4H3,(H,36,37). The number of halogens is 3. The number of rotatable bonds is 10. The predicted molar refractivity (Wildman–Crippen MR) is 150 cm³/mol. The first-order valence-electron chi connectivity index (χ1n) is 13.1. The van der Waals surface area contributed by atoms with E-state index in [4.69, 9.17) is 4.74 Å². The summed E-state index contributed by atoms with van der Waals surface area (Å²) in [6.07, 6.45) is -3.72. The number of H-pyrrole nitrogens is 1. The minimum atomic E-state index is -4.91. The summed E-state index contributed by atoms with van der Waals surface area (Å²) in [7, 11) is 1.45. The van der Waals surface area contributed by atoms with E-state index in [0.29, 0.717) is 44.7 Å². The van der Waals surface area contributed by atoms with Gasteiger partial charge in [-0.25, -0.2) is 4.98 Å². The lowest BCUT2D eigenvalue weighted by Gasteiger charge is -2.38. The number of aromatic nitrogens is 2. The van der Waals surface area contributed by atoms with Crippen molar-refractivity contribution < 1.29 is 23.0 Å². The van der Waals surface area contributed by atoms with Crippen molar-refractivity contribution in [2.45, 2.75) is 57.2 Å². The highest BCUT2D eigenvalue weighted by Gasteiger charge is 2.56. The first-order valence-corrected chi connectivity index (χ1v) is 13.1. The quantitative estimate of drug-likeness (QED) is 0.195. The van der Waals surface area contributed by atoms with Crippen LogP contribution in [-0.2, 0) is 11.8 Å². The fraction of sp³-hybridized carbons (Fsp3) is 0.355. The Morgan fingerprint density at radius 2 is 1.85 bits per heavy atom. The molecule has 0 saturated carbocycles. The Balaban J connectivity index is 1.70. The van der Waals surface area contributed by atoms with Crippen LogP contribution >= 0.6 is 0 Å². The van der Waals surface area contributed by atoms with Gasteiger partial charge in [0, 0.05) is 29.6 Å². The second kappa shape index (κ2) is 11.2. The topological polar surface area (TPSA) is 94.0 Å². The molecule has 0 fully saturated rings. The van der Waals surface area contributed by atoms with Crippen LogP contribution in [0.2, 0.25) is 0 Å². The molecule has 4 rings (SSSR count). The fourth-order valence-electron chi connectivity index (χ4n) is 5.18. The lowest BCUT2D eigenvalue weighted by Crippen LogP contribution is -2.51. The normalized spacial score (nSPS) is 13.6. The third kappa shape index (κ3) is 5.92. The van der Waals surface area contributed by atoms with Gasteiger partial charge in [-0.3, -0.25) is 0 Å². The van der Waals surface area contributed by atoms with Crippen LogP contribution in [0.25, 0.3) is 22.0 Å². The molecule has 2 heterocycles. The van der Waals surface area contributed by atoms with Crippen LogP contribution < -0.4 is 10.1 Å². The fourth-order valence-corrected chi connectivity index (χ4v) is 5.18. The number of nitrogens with one attached hydrogen (secondary N) is 2. The maximum atomic E-state index is 14.6. The molecule has 210 valence electrons. The van der Waals surface area contributed by atoms with Gasteiger partial charge in [0.05, 0.1) is 30.5 Å². The summed E-state index contributed by atoms with van der Waals surface area (Å²) in [5, 5.41) is 24.7. The van der Waals surface area contributed by atoms with E-state index in [1.807, 2.05) is 6.92 Å². The van der Waals surface area contributed by atoms with E-state index in [0.717, 1.165) is 13.0 Å².